The maximum Gasteiger partial charge on any atom is 0.249 e. The molecule has 3 rings (SSSR count). The van der Waals surface area contributed by atoms with Gasteiger partial charge in [-0.05, 0) is 36.4 Å². The third-order valence-electron chi connectivity index (χ3n) is 3.00. The van der Waals surface area contributed by atoms with Gasteiger partial charge in [0.05, 0.1) is 22.9 Å². The number of benzene rings is 2. The van der Waals surface area contributed by atoms with E-state index >= 15 is 0 Å². The van der Waals surface area contributed by atoms with Crippen LogP contribution in [0.5, 0.6) is 0 Å². The number of nitriles is 1. The fraction of sp³-hybridized carbons (Fsp3) is 0. The van der Waals surface area contributed by atoms with Crippen LogP contribution in [0.25, 0.3) is 0 Å². The Morgan fingerprint density at radius 1 is 1.08 bits per heavy atom. The summed E-state index contributed by atoms with van der Waals surface area (Å²) in [5, 5.41) is 22.5. The standard InChI is InChI=1S/C16H10ClFN6/c17-13-7-12(4-5-14(13)18)22-16-23-15(9-20-24-16)21-11-3-1-2-10(6-11)8-19/h1-7,9H,(H2,21,22,23,24). The van der Waals surface area contributed by atoms with Crippen molar-refractivity contribution in [1.82, 2.24) is 15.2 Å². The zero-order valence-corrected chi connectivity index (χ0v) is 12.9. The molecule has 0 aliphatic carbocycles. The van der Waals surface area contributed by atoms with Gasteiger partial charge in [0.2, 0.25) is 5.95 Å². The van der Waals surface area contributed by atoms with Crippen molar-refractivity contribution in [3.63, 3.8) is 0 Å². The Bertz CT molecular complexity index is 924. The van der Waals surface area contributed by atoms with Gasteiger partial charge in [0, 0.05) is 11.4 Å². The Hall–Kier alpha value is -3.24. The van der Waals surface area contributed by atoms with Crippen LogP contribution in [0, 0.1) is 17.1 Å². The number of anilines is 4. The van der Waals surface area contributed by atoms with Gasteiger partial charge in [-0.1, -0.05) is 17.7 Å². The van der Waals surface area contributed by atoms with Crippen LogP contribution in [0.15, 0.2) is 48.7 Å². The Kier molecular flexibility index (Phi) is 4.50. The van der Waals surface area contributed by atoms with Crippen LogP contribution in [0.2, 0.25) is 5.02 Å². The molecule has 0 saturated heterocycles. The third-order valence-corrected chi connectivity index (χ3v) is 3.29. The van der Waals surface area contributed by atoms with E-state index in [1.54, 1.807) is 24.3 Å². The molecule has 0 atom stereocenters. The lowest BCUT2D eigenvalue weighted by Crippen LogP contribution is -2.02. The van der Waals surface area contributed by atoms with Crippen molar-refractivity contribution in [2.24, 2.45) is 0 Å². The fourth-order valence-corrected chi connectivity index (χ4v) is 2.11. The maximum absolute atomic E-state index is 13.2. The summed E-state index contributed by atoms with van der Waals surface area (Å²) in [4.78, 5) is 4.26. The summed E-state index contributed by atoms with van der Waals surface area (Å²) in [5.41, 5.74) is 1.76. The molecule has 1 heterocycles. The highest BCUT2D eigenvalue weighted by Gasteiger charge is 2.05. The zero-order valence-electron chi connectivity index (χ0n) is 12.2. The van der Waals surface area contributed by atoms with Crippen LogP contribution in [-0.4, -0.2) is 15.2 Å². The largest absolute Gasteiger partial charge is 0.339 e. The summed E-state index contributed by atoms with van der Waals surface area (Å²) in [5.74, 6) is 0.156. The Labute approximate surface area is 141 Å². The first-order valence-corrected chi connectivity index (χ1v) is 7.21. The first-order chi connectivity index (χ1) is 11.6. The molecule has 2 aromatic carbocycles. The van der Waals surface area contributed by atoms with Gasteiger partial charge in [-0.2, -0.15) is 15.3 Å². The van der Waals surface area contributed by atoms with Crippen molar-refractivity contribution in [3.05, 3.63) is 65.1 Å². The number of halogens is 2. The van der Waals surface area contributed by atoms with E-state index in [1.165, 1.54) is 24.4 Å². The van der Waals surface area contributed by atoms with E-state index < -0.39 is 5.82 Å². The summed E-state index contributed by atoms with van der Waals surface area (Å²) in [6, 6.07) is 13.2. The maximum atomic E-state index is 13.2. The number of nitrogens with one attached hydrogen (secondary N) is 2. The van der Waals surface area contributed by atoms with E-state index in [1.807, 2.05) is 0 Å². The zero-order chi connectivity index (χ0) is 16.9. The number of hydrogen-bond acceptors (Lipinski definition) is 6. The van der Waals surface area contributed by atoms with Crippen molar-refractivity contribution in [3.8, 4) is 6.07 Å². The quantitative estimate of drug-likeness (QED) is 0.746. The summed E-state index contributed by atoms with van der Waals surface area (Å²) in [6.07, 6.45) is 1.45. The molecular weight excluding hydrogens is 331 g/mol. The topological polar surface area (TPSA) is 86.5 Å². The highest BCUT2D eigenvalue weighted by atomic mass is 35.5. The molecule has 0 unspecified atom stereocenters. The molecule has 118 valence electrons. The van der Waals surface area contributed by atoms with Gasteiger partial charge in [-0.25, -0.2) is 4.39 Å². The molecular formula is C16H10ClFN6. The number of aromatic nitrogens is 3. The minimum absolute atomic E-state index is 0.00411. The summed E-state index contributed by atoms with van der Waals surface area (Å²) >= 11 is 5.74. The van der Waals surface area contributed by atoms with Gasteiger partial charge < -0.3 is 10.6 Å². The van der Waals surface area contributed by atoms with Crippen molar-refractivity contribution in [2.45, 2.75) is 0 Å². The summed E-state index contributed by atoms with van der Waals surface area (Å²) in [6.45, 7) is 0. The molecule has 24 heavy (non-hydrogen) atoms. The van der Waals surface area contributed by atoms with E-state index in [-0.39, 0.29) is 11.0 Å². The molecule has 8 heteroatoms. The average molecular weight is 341 g/mol. The smallest absolute Gasteiger partial charge is 0.249 e. The van der Waals surface area contributed by atoms with Gasteiger partial charge in [0.15, 0.2) is 5.82 Å². The second-order valence-electron chi connectivity index (χ2n) is 4.74. The number of rotatable bonds is 4. The average Bonchev–Trinajstić information content (AvgIpc) is 2.59. The molecule has 0 aliphatic rings. The predicted molar refractivity (Wildman–Crippen MR) is 89.0 cm³/mol. The fourth-order valence-electron chi connectivity index (χ4n) is 1.93. The van der Waals surface area contributed by atoms with Crippen LogP contribution >= 0.6 is 11.6 Å². The minimum Gasteiger partial charge on any atom is -0.339 e. The first kappa shape index (κ1) is 15.6. The molecule has 6 nitrogen and oxygen atoms in total. The predicted octanol–water partition coefficient (Wildman–Crippen LogP) is 4.02. The first-order valence-electron chi connectivity index (χ1n) is 6.83. The minimum atomic E-state index is -0.506. The van der Waals surface area contributed by atoms with E-state index in [9.17, 15) is 4.39 Å². The molecule has 0 radical (unpaired) electrons. The van der Waals surface area contributed by atoms with E-state index in [0.717, 1.165) is 0 Å². The summed E-state index contributed by atoms with van der Waals surface area (Å²) in [7, 11) is 0. The van der Waals surface area contributed by atoms with Gasteiger partial charge in [-0.3, -0.25) is 0 Å². The highest BCUT2D eigenvalue weighted by Crippen LogP contribution is 2.22. The lowest BCUT2D eigenvalue weighted by atomic mass is 10.2. The van der Waals surface area contributed by atoms with E-state index in [0.29, 0.717) is 22.8 Å². The molecule has 2 N–H and O–H groups in total. The van der Waals surface area contributed by atoms with Crippen LogP contribution in [-0.2, 0) is 0 Å². The molecule has 0 amide bonds. The molecule has 0 bridgehead atoms. The molecule has 1 aromatic heterocycles. The normalized spacial score (nSPS) is 10.0. The van der Waals surface area contributed by atoms with Crippen molar-refractivity contribution < 1.29 is 4.39 Å². The Morgan fingerprint density at radius 2 is 1.92 bits per heavy atom. The van der Waals surface area contributed by atoms with Crippen molar-refractivity contribution in [2.75, 3.05) is 10.6 Å². The second-order valence-corrected chi connectivity index (χ2v) is 5.14. The van der Waals surface area contributed by atoms with Crippen molar-refractivity contribution in [1.29, 1.82) is 5.26 Å². The van der Waals surface area contributed by atoms with Crippen LogP contribution in [0.3, 0.4) is 0 Å². The molecule has 3 aromatic rings. The lowest BCUT2D eigenvalue weighted by Gasteiger charge is -2.08. The SMILES string of the molecule is N#Cc1cccc(Nc2cnnc(Nc3ccc(F)c(Cl)c3)n2)c1. The Balaban J connectivity index is 1.78. The van der Waals surface area contributed by atoms with Crippen LogP contribution in [0.1, 0.15) is 5.56 Å². The van der Waals surface area contributed by atoms with Crippen LogP contribution < -0.4 is 10.6 Å². The number of hydrogen-bond donors (Lipinski definition) is 2. The molecule has 0 spiro atoms. The van der Waals surface area contributed by atoms with Gasteiger partial charge in [-0.15, -0.1) is 5.10 Å². The van der Waals surface area contributed by atoms with Gasteiger partial charge >= 0.3 is 0 Å². The summed E-state index contributed by atoms with van der Waals surface area (Å²) < 4.78 is 13.2. The van der Waals surface area contributed by atoms with Gasteiger partial charge in [0.1, 0.15) is 5.82 Å². The molecule has 0 fully saturated rings. The highest BCUT2D eigenvalue weighted by molar-refractivity contribution is 6.31. The molecule has 0 aliphatic heterocycles. The van der Waals surface area contributed by atoms with Crippen LogP contribution in [0.4, 0.5) is 27.5 Å². The monoisotopic (exact) mass is 340 g/mol. The van der Waals surface area contributed by atoms with Crippen molar-refractivity contribution >= 4 is 34.7 Å². The van der Waals surface area contributed by atoms with Gasteiger partial charge in [0.25, 0.3) is 0 Å². The van der Waals surface area contributed by atoms with E-state index in [2.05, 4.69) is 31.9 Å². The third kappa shape index (κ3) is 3.74. The Morgan fingerprint density at radius 3 is 2.71 bits per heavy atom. The lowest BCUT2D eigenvalue weighted by molar-refractivity contribution is 0.628. The second kappa shape index (κ2) is 6.89. The number of nitrogens with zero attached hydrogens (tertiary/aromatic N) is 4. The van der Waals surface area contributed by atoms with E-state index in [4.69, 9.17) is 16.9 Å². The molecule has 0 saturated carbocycles.